The molecule has 1 unspecified atom stereocenters. The fourth-order valence-electron chi connectivity index (χ4n) is 6.24. The molecule has 2 aromatic carbocycles. The number of hydrogen-bond donors (Lipinski definition) is 6. The molecule has 1 aliphatic rings. The molecule has 1 aliphatic heterocycles. The van der Waals surface area contributed by atoms with Crippen LogP contribution in [0.1, 0.15) is 68.9 Å². The Hall–Kier alpha value is -4.40. The van der Waals surface area contributed by atoms with Crippen LogP contribution in [0.2, 0.25) is 0 Å². The van der Waals surface area contributed by atoms with Crippen molar-refractivity contribution in [1.82, 2.24) is 20.9 Å². The van der Waals surface area contributed by atoms with Gasteiger partial charge in [-0.05, 0) is 69.0 Å². The molecule has 3 rings (SSSR count). The fourth-order valence-corrected chi connectivity index (χ4v) is 6.24. The predicted octanol–water partition coefficient (Wildman–Crippen LogP) is 1.41. The van der Waals surface area contributed by atoms with Gasteiger partial charge in [-0.15, -0.1) is 0 Å². The van der Waals surface area contributed by atoms with Crippen molar-refractivity contribution in [3.8, 4) is 0 Å². The maximum absolute atomic E-state index is 13.9. The summed E-state index contributed by atoms with van der Waals surface area (Å²) in [5.41, 5.74) is 18.7. The van der Waals surface area contributed by atoms with E-state index < -0.39 is 60.1 Å². The average Bonchev–Trinajstić information content (AvgIpc) is 3.15. The molecule has 0 spiro atoms. The third-order valence-corrected chi connectivity index (χ3v) is 9.43. The standard InChI is InChI=1S/C38H56FN7O6/c1-52-37(51)38(42)19-23-46(24-20-38)36(50)31(18-10-12-22-40)44-34(48)30(17-9-4-11-21-39)43-35(49)32(26-28-15-7-3-8-16-28)45-33(47)29(41)25-27-13-5-2-6-14-27/h2-3,5-8,13-16,29-32H,4,9-12,17-26,40-42H2,1H3,(H,43,49)(H,44,48)(H,45,47)/t29-,30?,31-,32-/m1/s1. The van der Waals surface area contributed by atoms with E-state index in [0.29, 0.717) is 45.1 Å². The molecule has 2 aromatic rings. The van der Waals surface area contributed by atoms with E-state index in [1.807, 2.05) is 60.7 Å². The normalized spacial score (nSPS) is 16.1. The van der Waals surface area contributed by atoms with Crippen molar-refractivity contribution in [3.05, 3.63) is 71.8 Å². The van der Waals surface area contributed by atoms with E-state index in [1.165, 1.54) is 7.11 Å². The highest BCUT2D eigenvalue weighted by Crippen LogP contribution is 2.22. The second kappa shape index (κ2) is 21.8. The number of unbranched alkanes of at least 4 members (excludes halogenated alkanes) is 3. The lowest BCUT2D eigenvalue weighted by Crippen LogP contribution is -2.61. The third-order valence-electron chi connectivity index (χ3n) is 9.43. The topological polar surface area (TPSA) is 212 Å². The number of alkyl halides is 1. The Balaban J connectivity index is 1.79. The number of nitrogens with two attached hydrogens (primary N) is 3. The number of likely N-dealkylation sites (tertiary alicyclic amines) is 1. The summed E-state index contributed by atoms with van der Waals surface area (Å²) in [4.78, 5) is 68.7. The summed E-state index contributed by atoms with van der Waals surface area (Å²) in [6.07, 6.45) is 3.70. The summed E-state index contributed by atoms with van der Waals surface area (Å²) in [6.45, 7) is 0.296. The van der Waals surface area contributed by atoms with Gasteiger partial charge in [0.25, 0.3) is 0 Å². The van der Waals surface area contributed by atoms with E-state index in [-0.39, 0.29) is 51.1 Å². The van der Waals surface area contributed by atoms with Gasteiger partial charge in [-0.2, -0.15) is 0 Å². The lowest BCUT2D eigenvalue weighted by molar-refractivity contribution is -0.151. The first-order chi connectivity index (χ1) is 25.0. The zero-order valence-corrected chi connectivity index (χ0v) is 30.2. The van der Waals surface area contributed by atoms with Crippen molar-refractivity contribution in [2.24, 2.45) is 17.2 Å². The maximum Gasteiger partial charge on any atom is 0.325 e. The number of carbonyl (C=O) groups is 5. The first-order valence-corrected chi connectivity index (χ1v) is 18.2. The molecule has 0 bridgehead atoms. The van der Waals surface area contributed by atoms with Gasteiger partial charge >= 0.3 is 5.97 Å². The second-order valence-electron chi connectivity index (χ2n) is 13.5. The summed E-state index contributed by atoms with van der Waals surface area (Å²) in [5.74, 6) is -2.58. The van der Waals surface area contributed by atoms with E-state index in [9.17, 15) is 28.4 Å². The van der Waals surface area contributed by atoms with Gasteiger partial charge in [0, 0.05) is 19.5 Å². The van der Waals surface area contributed by atoms with Crippen LogP contribution < -0.4 is 33.2 Å². The van der Waals surface area contributed by atoms with Crippen LogP contribution in [0.5, 0.6) is 0 Å². The monoisotopic (exact) mass is 725 g/mol. The molecule has 0 aromatic heterocycles. The van der Waals surface area contributed by atoms with Gasteiger partial charge in [-0.3, -0.25) is 28.4 Å². The first kappa shape index (κ1) is 42.0. The number of ether oxygens (including phenoxy) is 1. The van der Waals surface area contributed by atoms with Crippen molar-refractivity contribution >= 4 is 29.6 Å². The SMILES string of the molecule is COC(=O)C1(N)CCN(C(=O)[C@@H](CCCCN)NC(=O)C(CCCCCF)NC(=O)[C@@H](Cc2ccccc2)NC(=O)[C@H](N)Cc2ccccc2)CC1. The number of esters is 1. The fraction of sp³-hybridized carbons (Fsp3) is 0.553. The second-order valence-corrected chi connectivity index (χ2v) is 13.5. The lowest BCUT2D eigenvalue weighted by atomic mass is 9.88. The molecule has 0 radical (unpaired) electrons. The smallest absolute Gasteiger partial charge is 0.325 e. The van der Waals surface area contributed by atoms with Crippen molar-refractivity contribution in [2.75, 3.05) is 33.4 Å². The quantitative estimate of drug-likeness (QED) is 0.0810. The third kappa shape index (κ3) is 13.3. The van der Waals surface area contributed by atoms with E-state index in [2.05, 4.69) is 16.0 Å². The number of rotatable bonds is 21. The van der Waals surface area contributed by atoms with Crippen LogP contribution in [0.15, 0.2) is 60.7 Å². The highest BCUT2D eigenvalue weighted by Gasteiger charge is 2.41. The average molecular weight is 726 g/mol. The molecule has 1 fully saturated rings. The van der Waals surface area contributed by atoms with Gasteiger partial charge in [0.15, 0.2) is 0 Å². The maximum atomic E-state index is 13.9. The molecule has 4 atom stereocenters. The minimum atomic E-state index is -1.20. The molecule has 0 saturated carbocycles. The van der Waals surface area contributed by atoms with E-state index >= 15 is 0 Å². The number of piperidine rings is 1. The summed E-state index contributed by atoms with van der Waals surface area (Å²) in [6, 6.07) is 14.4. The van der Waals surface area contributed by atoms with Crippen molar-refractivity contribution < 1.29 is 33.1 Å². The first-order valence-electron chi connectivity index (χ1n) is 18.2. The van der Waals surface area contributed by atoms with Gasteiger partial charge in [0.2, 0.25) is 23.6 Å². The Labute approximate surface area is 305 Å². The van der Waals surface area contributed by atoms with Crippen molar-refractivity contribution in [3.63, 3.8) is 0 Å². The molecule has 1 heterocycles. The summed E-state index contributed by atoms with van der Waals surface area (Å²) < 4.78 is 17.8. The molecule has 4 amide bonds. The van der Waals surface area contributed by atoms with E-state index in [4.69, 9.17) is 21.9 Å². The van der Waals surface area contributed by atoms with Gasteiger partial charge in [-0.1, -0.05) is 73.5 Å². The number of nitrogens with zero attached hydrogens (tertiary/aromatic N) is 1. The van der Waals surface area contributed by atoms with Gasteiger partial charge in [0.1, 0.15) is 23.7 Å². The molecule has 1 saturated heterocycles. The number of benzene rings is 2. The van der Waals surface area contributed by atoms with Crippen LogP contribution >= 0.6 is 0 Å². The zero-order chi connectivity index (χ0) is 37.9. The summed E-state index contributed by atoms with van der Waals surface area (Å²) >= 11 is 0. The molecule has 286 valence electrons. The number of halogens is 1. The number of nitrogens with one attached hydrogen (secondary N) is 3. The van der Waals surface area contributed by atoms with Crippen molar-refractivity contribution in [2.45, 2.75) is 100 Å². The number of carbonyl (C=O) groups excluding carboxylic acids is 5. The number of amides is 4. The number of methoxy groups -OCH3 is 1. The highest BCUT2D eigenvalue weighted by atomic mass is 19.1. The van der Waals surface area contributed by atoms with Crippen LogP contribution in [0.4, 0.5) is 4.39 Å². The molecule has 13 nitrogen and oxygen atoms in total. The predicted molar refractivity (Wildman–Crippen MR) is 196 cm³/mol. The van der Waals surface area contributed by atoms with Crippen LogP contribution in [0, 0.1) is 0 Å². The Morgan fingerprint density at radius 3 is 1.85 bits per heavy atom. The lowest BCUT2D eigenvalue weighted by Gasteiger charge is -2.38. The zero-order valence-electron chi connectivity index (χ0n) is 30.2. The summed E-state index contributed by atoms with van der Waals surface area (Å²) in [7, 11) is 1.27. The molecular weight excluding hydrogens is 669 g/mol. The summed E-state index contributed by atoms with van der Waals surface area (Å²) in [5, 5.41) is 8.46. The molecule has 0 aliphatic carbocycles. The van der Waals surface area contributed by atoms with E-state index in [1.54, 1.807) is 4.90 Å². The molecule has 52 heavy (non-hydrogen) atoms. The molecular formula is C38H56FN7O6. The minimum Gasteiger partial charge on any atom is -0.468 e. The van der Waals surface area contributed by atoms with Crippen LogP contribution in [0.3, 0.4) is 0 Å². The van der Waals surface area contributed by atoms with Crippen LogP contribution in [0.25, 0.3) is 0 Å². The minimum absolute atomic E-state index is 0.135. The Morgan fingerprint density at radius 1 is 0.750 bits per heavy atom. The Morgan fingerprint density at radius 2 is 1.27 bits per heavy atom. The van der Waals surface area contributed by atoms with E-state index in [0.717, 1.165) is 11.1 Å². The van der Waals surface area contributed by atoms with Crippen molar-refractivity contribution in [1.29, 1.82) is 0 Å². The molecule has 14 heteroatoms. The van der Waals surface area contributed by atoms with Crippen LogP contribution in [-0.4, -0.2) is 97.6 Å². The Bertz CT molecular complexity index is 1430. The van der Waals surface area contributed by atoms with Crippen LogP contribution in [-0.2, 0) is 41.6 Å². The largest absolute Gasteiger partial charge is 0.468 e. The van der Waals surface area contributed by atoms with Gasteiger partial charge in [0.05, 0.1) is 19.8 Å². The molecule has 9 N–H and O–H groups in total. The number of hydrogen-bond acceptors (Lipinski definition) is 9. The Kier molecular flexibility index (Phi) is 17.7. The van der Waals surface area contributed by atoms with Gasteiger partial charge in [-0.25, -0.2) is 0 Å². The highest BCUT2D eigenvalue weighted by molar-refractivity contribution is 5.95. The van der Waals surface area contributed by atoms with Gasteiger partial charge < -0.3 is 42.8 Å².